The number of nitrogens with zero attached hydrogens (tertiary/aromatic N) is 1. The summed E-state index contributed by atoms with van der Waals surface area (Å²) in [5.74, 6) is 2.06. The minimum absolute atomic E-state index is 1.03. The number of fused-ring (bicyclic) bond motifs is 1. The first-order valence-electron chi connectivity index (χ1n) is 5.68. The van der Waals surface area contributed by atoms with E-state index in [2.05, 4.69) is 18.4 Å². The fourth-order valence-electron chi connectivity index (χ4n) is 2.89. The summed E-state index contributed by atoms with van der Waals surface area (Å²) in [5.41, 5.74) is 1.40. The smallest absolute Gasteiger partial charge is 0.0190 e. The molecule has 0 aromatic heterocycles. The number of hydrogen-bond donors (Lipinski definition) is 0. The zero-order valence-corrected chi connectivity index (χ0v) is 8.76. The third-order valence-electron chi connectivity index (χ3n) is 3.75. The average Bonchev–Trinajstić information content (AvgIpc) is 2.63. The van der Waals surface area contributed by atoms with Gasteiger partial charge in [0.15, 0.2) is 0 Å². The van der Waals surface area contributed by atoms with Crippen LogP contribution in [0.2, 0.25) is 0 Å². The van der Waals surface area contributed by atoms with E-state index < -0.39 is 0 Å². The van der Waals surface area contributed by atoms with Crippen LogP contribution in [0, 0.1) is 11.8 Å². The van der Waals surface area contributed by atoms with Gasteiger partial charge in [-0.3, -0.25) is 4.90 Å². The molecule has 1 heterocycles. The molecule has 13 heavy (non-hydrogen) atoms. The Kier molecular flexibility index (Phi) is 2.73. The Morgan fingerprint density at radius 3 is 2.46 bits per heavy atom. The molecule has 1 heteroatoms. The van der Waals surface area contributed by atoms with Crippen LogP contribution in [0.4, 0.5) is 0 Å². The second kappa shape index (κ2) is 3.83. The van der Waals surface area contributed by atoms with Crippen LogP contribution in [0.3, 0.4) is 0 Å². The van der Waals surface area contributed by atoms with Gasteiger partial charge in [0.25, 0.3) is 0 Å². The summed E-state index contributed by atoms with van der Waals surface area (Å²) in [4.78, 5) is 2.61. The summed E-state index contributed by atoms with van der Waals surface area (Å²) in [6.07, 6.45) is 5.60. The van der Waals surface area contributed by atoms with Crippen molar-refractivity contribution in [1.29, 1.82) is 0 Å². The van der Waals surface area contributed by atoms with Crippen LogP contribution < -0.4 is 0 Å². The van der Waals surface area contributed by atoms with Gasteiger partial charge in [-0.25, -0.2) is 0 Å². The maximum Gasteiger partial charge on any atom is 0.0190 e. The summed E-state index contributed by atoms with van der Waals surface area (Å²) in [6, 6.07) is 0. The highest BCUT2D eigenvalue weighted by Crippen LogP contribution is 2.37. The van der Waals surface area contributed by atoms with E-state index in [1.807, 2.05) is 0 Å². The molecular formula is C12H21N. The van der Waals surface area contributed by atoms with E-state index in [9.17, 15) is 0 Å². The minimum atomic E-state index is 1.03. The zero-order valence-electron chi connectivity index (χ0n) is 8.76. The third-order valence-corrected chi connectivity index (χ3v) is 3.75. The molecule has 1 saturated heterocycles. The van der Waals surface area contributed by atoms with E-state index in [0.29, 0.717) is 0 Å². The Balaban J connectivity index is 1.82. The lowest BCUT2D eigenvalue weighted by Gasteiger charge is -2.17. The molecule has 2 atom stereocenters. The predicted octanol–water partition coefficient (Wildman–Crippen LogP) is 2.68. The Hall–Kier alpha value is -0.300. The summed E-state index contributed by atoms with van der Waals surface area (Å²) in [5, 5.41) is 0. The standard InChI is InChI=1S/C12H21N/c1-3-10(2)7-13-8-11-5-4-6-12(11)9-13/h11-12H,2-9H2,1H3. The van der Waals surface area contributed by atoms with Gasteiger partial charge in [-0.05, 0) is 31.1 Å². The Labute approximate surface area is 81.8 Å². The SMILES string of the molecule is C=C(CC)CN1CC2CCCC2C1. The summed E-state index contributed by atoms with van der Waals surface area (Å²) < 4.78 is 0. The molecule has 2 fully saturated rings. The van der Waals surface area contributed by atoms with Gasteiger partial charge in [-0.15, -0.1) is 0 Å². The van der Waals surface area contributed by atoms with Gasteiger partial charge in [-0.2, -0.15) is 0 Å². The van der Waals surface area contributed by atoms with E-state index in [0.717, 1.165) is 24.8 Å². The average molecular weight is 179 g/mol. The molecule has 1 nitrogen and oxygen atoms in total. The summed E-state index contributed by atoms with van der Waals surface area (Å²) in [7, 11) is 0. The van der Waals surface area contributed by atoms with E-state index in [4.69, 9.17) is 0 Å². The van der Waals surface area contributed by atoms with Crippen molar-refractivity contribution < 1.29 is 0 Å². The minimum Gasteiger partial charge on any atom is -0.299 e. The lowest BCUT2D eigenvalue weighted by molar-refractivity contribution is 0.334. The van der Waals surface area contributed by atoms with E-state index in [-0.39, 0.29) is 0 Å². The lowest BCUT2D eigenvalue weighted by atomic mass is 10.0. The first-order chi connectivity index (χ1) is 6.29. The van der Waals surface area contributed by atoms with Crippen molar-refractivity contribution >= 4 is 0 Å². The van der Waals surface area contributed by atoms with Crippen LogP contribution in [-0.2, 0) is 0 Å². The zero-order chi connectivity index (χ0) is 9.26. The normalized spacial score (nSPS) is 33.6. The largest absolute Gasteiger partial charge is 0.299 e. The molecule has 0 aromatic rings. The fraction of sp³-hybridized carbons (Fsp3) is 0.833. The van der Waals surface area contributed by atoms with Gasteiger partial charge in [0.1, 0.15) is 0 Å². The second-order valence-electron chi connectivity index (χ2n) is 4.75. The Bertz CT molecular complexity index is 185. The fourth-order valence-corrected chi connectivity index (χ4v) is 2.89. The van der Waals surface area contributed by atoms with Crippen molar-refractivity contribution in [2.75, 3.05) is 19.6 Å². The van der Waals surface area contributed by atoms with Crippen molar-refractivity contribution in [3.05, 3.63) is 12.2 Å². The molecular weight excluding hydrogens is 158 g/mol. The van der Waals surface area contributed by atoms with Crippen molar-refractivity contribution in [3.8, 4) is 0 Å². The van der Waals surface area contributed by atoms with E-state index in [1.165, 1.54) is 37.9 Å². The van der Waals surface area contributed by atoms with E-state index in [1.54, 1.807) is 0 Å². The van der Waals surface area contributed by atoms with Crippen molar-refractivity contribution in [3.63, 3.8) is 0 Å². The molecule has 2 aliphatic rings. The molecule has 0 radical (unpaired) electrons. The first-order valence-corrected chi connectivity index (χ1v) is 5.68. The molecule has 0 N–H and O–H groups in total. The van der Waals surface area contributed by atoms with E-state index >= 15 is 0 Å². The topological polar surface area (TPSA) is 3.24 Å². The molecule has 74 valence electrons. The molecule has 0 aromatic carbocycles. The second-order valence-corrected chi connectivity index (χ2v) is 4.75. The van der Waals surface area contributed by atoms with Gasteiger partial charge in [0, 0.05) is 19.6 Å². The molecule has 0 spiro atoms. The third kappa shape index (κ3) is 1.96. The molecule has 1 saturated carbocycles. The monoisotopic (exact) mass is 179 g/mol. The lowest BCUT2D eigenvalue weighted by Crippen LogP contribution is -2.23. The first kappa shape index (κ1) is 9.26. The van der Waals surface area contributed by atoms with Crippen molar-refractivity contribution in [2.24, 2.45) is 11.8 Å². The summed E-state index contributed by atoms with van der Waals surface area (Å²) >= 11 is 0. The molecule has 0 amide bonds. The van der Waals surface area contributed by atoms with Crippen molar-refractivity contribution in [1.82, 2.24) is 4.90 Å². The Morgan fingerprint density at radius 1 is 1.31 bits per heavy atom. The van der Waals surface area contributed by atoms with Gasteiger partial charge in [0.2, 0.25) is 0 Å². The Morgan fingerprint density at radius 2 is 1.92 bits per heavy atom. The number of likely N-dealkylation sites (tertiary alicyclic amines) is 1. The van der Waals surface area contributed by atoms with Gasteiger partial charge in [-0.1, -0.05) is 25.5 Å². The predicted molar refractivity (Wildman–Crippen MR) is 56.7 cm³/mol. The number of hydrogen-bond acceptors (Lipinski definition) is 1. The highest BCUT2D eigenvalue weighted by atomic mass is 15.2. The van der Waals surface area contributed by atoms with Crippen LogP contribution in [-0.4, -0.2) is 24.5 Å². The molecule has 1 aliphatic heterocycles. The molecule has 1 aliphatic carbocycles. The summed E-state index contributed by atoms with van der Waals surface area (Å²) in [6.45, 7) is 10.2. The van der Waals surface area contributed by atoms with Crippen LogP contribution in [0.1, 0.15) is 32.6 Å². The van der Waals surface area contributed by atoms with Gasteiger partial charge >= 0.3 is 0 Å². The van der Waals surface area contributed by atoms with Crippen LogP contribution in [0.5, 0.6) is 0 Å². The maximum atomic E-state index is 4.09. The van der Waals surface area contributed by atoms with Gasteiger partial charge < -0.3 is 0 Å². The van der Waals surface area contributed by atoms with Crippen LogP contribution in [0.15, 0.2) is 12.2 Å². The van der Waals surface area contributed by atoms with Crippen molar-refractivity contribution in [2.45, 2.75) is 32.6 Å². The molecule has 0 bridgehead atoms. The highest BCUT2D eigenvalue weighted by Gasteiger charge is 2.35. The quantitative estimate of drug-likeness (QED) is 0.602. The van der Waals surface area contributed by atoms with Gasteiger partial charge in [0.05, 0.1) is 0 Å². The van der Waals surface area contributed by atoms with Crippen LogP contribution >= 0.6 is 0 Å². The maximum absolute atomic E-state index is 4.09. The molecule has 2 rings (SSSR count). The number of rotatable bonds is 3. The molecule has 2 unspecified atom stereocenters. The van der Waals surface area contributed by atoms with Crippen LogP contribution in [0.25, 0.3) is 0 Å². The highest BCUT2D eigenvalue weighted by molar-refractivity contribution is 4.99.